The average molecular weight is 387 g/mol. The molecule has 2 heterocycles. The highest BCUT2D eigenvalue weighted by Crippen LogP contribution is 2.18. The lowest BCUT2D eigenvalue weighted by Gasteiger charge is -2.03. The molecule has 0 unspecified atom stereocenters. The third-order valence-corrected chi connectivity index (χ3v) is 3.77. The Morgan fingerprint density at radius 1 is 1.25 bits per heavy atom. The van der Waals surface area contributed by atoms with Crippen molar-refractivity contribution >= 4 is 27.8 Å². The summed E-state index contributed by atoms with van der Waals surface area (Å²) in [4.78, 5) is 11.9. The molecule has 0 fully saturated rings. The maximum Gasteiger partial charge on any atom is 0.206 e. The molecule has 0 saturated heterocycles. The van der Waals surface area contributed by atoms with Gasteiger partial charge in [-0.3, -0.25) is 9.48 Å². The standard InChI is InChI=1S/C18H15BrN2O3/c1-21-11-10-17(20-21)18(22)9-8-15-6-7-16(24-15)12-23-14-4-2-13(19)3-5-14/h2-11H,12H2,1H3. The summed E-state index contributed by atoms with van der Waals surface area (Å²) in [5, 5.41) is 4.06. The number of allylic oxidation sites excluding steroid dienone is 1. The number of ketones is 1. The van der Waals surface area contributed by atoms with E-state index in [1.54, 1.807) is 36.1 Å². The van der Waals surface area contributed by atoms with E-state index in [1.807, 2.05) is 30.3 Å². The Balaban J connectivity index is 1.58. The molecule has 0 aliphatic carbocycles. The summed E-state index contributed by atoms with van der Waals surface area (Å²) in [7, 11) is 1.77. The van der Waals surface area contributed by atoms with E-state index in [9.17, 15) is 4.79 Å². The molecule has 24 heavy (non-hydrogen) atoms. The average Bonchev–Trinajstić information content (AvgIpc) is 3.21. The van der Waals surface area contributed by atoms with Crippen LogP contribution >= 0.6 is 15.9 Å². The number of carbonyl (C=O) groups is 1. The first-order valence-electron chi connectivity index (χ1n) is 7.29. The van der Waals surface area contributed by atoms with Crippen LogP contribution in [0.2, 0.25) is 0 Å². The van der Waals surface area contributed by atoms with Gasteiger partial charge in [0.2, 0.25) is 5.78 Å². The zero-order valence-corrected chi connectivity index (χ0v) is 14.6. The minimum Gasteiger partial charge on any atom is -0.486 e. The maximum absolute atomic E-state index is 11.9. The van der Waals surface area contributed by atoms with Crippen LogP contribution < -0.4 is 4.74 Å². The lowest BCUT2D eigenvalue weighted by molar-refractivity contribution is 0.104. The van der Waals surface area contributed by atoms with Crippen LogP contribution in [0.4, 0.5) is 0 Å². The maximum atomic E-state index is 11.9. The lowest BCUT2D eigenvalue weighted by Crippen LogP contribution is -1.97. The van der Waals surface area contributed by atoms with Gasteiger partial charge in [-0.25, -0.2) is 0 Å². The van der Waals surface area contributed by atoms with Gasteiger partial charge in [0.15, 0.2) is 0 Å². The predicted molar refractivity (Wildman–Crippen MR) is 93.8 cm³/mol. The molecule has 6 heteroatoms. The summed E-state index contributed by atoms with van der Waals surface area (Å²) in [5.74, 6) is 1.87. The molecule has 0 amide bonds. The van der Waals surface area contributed by atoms with Gasteiger partial charge in [0, 0.05) is 17.7 Å². The molecule has 5 nitrogen and oxygen atoms in total. The van der Waals surface area contributed by atoms with Crippen molar-refractivity contribution in [2.45, 2.75) is 6.61 Å². The molecule has 0 aliphatic heterocycles. The van der Waals surface area contributed by atoms with Crippen molar-refractivity contribution in [2.24, 2.45) is 7.05 Å². The molecule has 0 atom stereocenters. The van der Waals surface area contributed by atoms with Gasteiger partial charge in [-0.15, -0.1) is 0 Å². The summed E-state index contributed by atoms with van der Waals surface area (Å²) in [5.41, 5.74) is 0.402. The van der Waals surface area contributed by atoms with Crippen LogP contribution in [0.3, 0.4) is 0 Å². The Kier molecular flexibility index (Phi) is 4.96. The Morgan fingerprint density at radius 3 is 2.75 bits per heavy atom. The number of furan rings is 1. The normalized spacial score (nSPS) is 11.1. The van der Waals surface area contributed by atoms with E-state index in [1.165, 1.54) is 6.08 Å². The second-order valence-electron chi connectivity index (χ2n) is 5.12. The van der Waals surface area contributed by atoms with Gasteiger partial charge in [-0.05, 0) is 54.6 Å². The monoisotopic (exact) mass is 386 g/mol. The van der Waals surface area contributed by atoms with E-state index in [0.29, 0.717) is 23.8 Å². The van der Waals surface area contributed by atoms with Crippen molar-refractivity contribution in [1.29, 1.82) is 0 Å². The van der Waals surface area contributed by atoms with Gasteiger partial charge in [0.1, 0.15) is 29.6 Å². The van der Waals surface area contributed by atoms with Crippen LogP contribution in [0.15, 0.2) is 63.6 Å². The molecule has 122 valence electrons. The Bertz CT molecular complexity index is 863. The van der Waals surface area contributed by atoms with Crippen LogP contribution in [-0.4, -0.2) is 15.6 Å². The SMILES string of the molecule is Cn1ccc(C(=O)C=Cc2ccc(COc3ccc(Br)cc3)o2)n1. The topological polar surface area (TPSA) is 57.3 Å². The Morgan fingerprint density at radius 2 is 2.04 bits per heavy atom. The minimum atomic E-state index is -0.167. The van der Waals surface area contributed by atoms with Crippen molar-refractivity contribution in [3.05, 3.63) is 76.4 Å². The van der Waals surface area contributed by atoms with Crippen LogP contribution in [0, 0.1) is 0 Å². The Hall–Kier alpha value is -2.60. The highest BCUT2D eigenvalue weighted by atomic mass is 79.9. The second kappa shape index (κ2) is 7.31. The van der Waals surface area contributed by atoms with Crippen molar-refractivity contribution in [3.8, 4) is 5.75 Å². The molecule has 2 aromatic heterocycles. The molecule has 3 aromatic rings. The number of hydrogen-bond donors (Lipinski definition) is 0. The number of hydrogen-bond acceptors (Lipinski definition) is 4. The van der Waals surface area contributed by atoms with Crippen molar-refractivity contribution in [3.63, 3.8) is 0 Å². The van der Waals surface area contributed by atoms with Crippen molar-refractivity contribution in [2.75, 3.05) is 0 Å². The first kappa shape index (κ1) is 16.3. The van der Waals surface area contributed by atoms with Crippen molar-refractivity contribution < 1.29 is 13.9 Å². The van der Waals surface area contributed by atoms with Crippen LogP contribution in [0.25, 0.3) is 6.08 Å². The fourth-order valence-corrected chi connectivity index (χ4v) is 2.30. The highest BCUT2D eigenvalue weighted by molar-refractivity contribution is 9.10. The quantitative estimate of drug-likeness (QED) is 0.469. The van der Waals surface area contributed by atoms with Crippen LogP contribution in [0.5, 0.6) is 5.75 Å². The molecule has 0 radical (unpaired) electrons. The van der Waals surface area contributed by atoms with Gasteiger partial charge in [-0.1, -0.05) is 15.9 Å². The van der Waals surface area contributed by atoms with Crippen molar-refractivity contribution in [1.82, 2.24) is 9.78 Å². The van der Waals surface area contributed by atoms with Gasteiger partial charge >= 0.3 is 0 Å². The number of rotatable bonds is 6. The molecular weight excluding hydrogens is 372 g/mol. The fourth-order valence-electron chi connectivity index (χ4n) is 2.04. The Labute approximate surface area is 147 Å². The van der Waals surface area contributed by atoms with Crippen LogP contribution in [0.1, 0.15) is 22.0 Å². The summed E-state index contributed by atoms with van der Waals surface area (Å²) >= 11 is 3.38. The zero-order chi connectivity index (χ0) is 16.9. The number of benzene rings is 1. The predicted octanol–water partition coefficient (Wildman–Crippen LogP) is 4.25. The summed E-state index contributed by atoms with van der Waals surface area (Å²) in [6.45, 7) is 0.323. The van der Waals surface area contributed by atoms with E-state index in [4.69, 9.17) is 9.15 Å². The second-order valence-corrected chi connectivity index (χ2v) is 6.03. The number of carbonyl (C=O) groups excluding carboxylic acids is 1. The first-order valence-corrected chi connectivity index (χ1v) is 8.08. The molecule has 3 rings (SSSR count). The lowest BCUT2D eigenvalue weighted by atomic mass is 10.2. The molecule has 0 bridgehead atoms. The zero-order valence-electron chi connectivity index (χ0n) is 13.0. The summed E-state index contributed by atoms with van der Waals surface area (Å²) < 4.78 is 13.8. The molecular formula is C18H15BrN2O3. The van der Waals surface area contributed by atoms with Gasteiger partial charge < -0.3 is 9.15 Å². The fraction of sp³-hybridized carbons (Fsp3) is 0.111. The number of halogens is 1. The number of nitrogens with zero attached hydrogens (tertiary/aromatic N) is 2. The van der Waals surface area contributed by atoms with E-state index in [0.717, 1.165) is 10.2 Å². The number of aryl methyl sites for hydroxylation is 1. The summed E-state index contributed by atoms with van der Waals surface area (Å²) in [6.07, 6.45) is 4.80. The van der Waals surface area contributed by atoms with E-state index >= 15 is 0 Å². The van der Waals surface area contributed by atoms with Crippen LogP contribution in [-0.2, 0) is 13.7 Å². The molecule has 0 saturated carbocycles. The molecule has 1 aromatic carbocycles. The van der Waals surface area contributed by atoms with E-state index < -0.39 is 0 Å². The summed E-state index contributed by atoms with van der Waals surface area (Å²) in [6, 6.07) is 12.9. The van der Waals surface area contributed by atoms with Gasteiger partial charge in [-0.2, -0.15) is 5.10 Å². The third-order valence-electron chi connectivity index (χ3n) is 3.24. The smallest absolute Gasteiger partial charge is 0.206 e. The van der Waals surface area contributed by atoms with E-state index in [-0.39, 0.29) is 5.78 Å². The highest BCUT2D eigenvalue weighted by Gasteiger charge is 2.06. The largest absolute Gasteiger partial charge is 0.486 e. The van der Waals surface area contributed by atoms with Gasteiger partial charge in [0.05, 0.1) is 0 Å². The third kappa shape index (κ3) is 4.23. The molecule has 0 spiro atoms. The first-order chi connectivity index (χ1) is 11.6. The van der Waals surface area contributed by atoms with Gasteiger partial charge in [0.25, 0.3) is 0 Å². The molecule has 0 N–H and O–H groups in total. The number of aromatic nitrogens is 2. The number of ether oxygens (including phenoxy) is 1. The molecule has 0 aliphatic rings. The van der Waals surface area contributed by atoms with E-state index in [2.05, 4.69) is 21.0 Å². The minimum absolute atomic E-state index is 0.167.